The number of benzene rings is 2. The molecule has 0 aliphatic heterocycles. The summed E-state index contributed by atoms with van der Waals surface area (Å²) in [6.07, 6.45) is 0.443. The second-order valence-corrected chi connectivity index (χ2v) is 4.92. The van der Waals surface area contributed by atoms with Crippen LogP contribution in [0.1, 0.15) is 11.1 Å². The first kappa shape index (κ1) is 13.1. The number of rotatable bonds is 4. The zero-order valence-corrected chi connectivity index (χ0v) is 11.0. The lowest BCUT2D eigenvalue weighted by atomic mass is 10.0. The van der Waals surface area contributed by atoms with E-state index in [1.165, 1.54) is 0 Å². The molecule has 0 aliphatic carbocycles. The number of halogens is 2. The minimum atomic E-state index is -0.376. The summed E-state index contributed by atoms with van der Waals surface area (Å²) >= 11 is 10.7. The van der Waals surface area contributed by atoms with E-state index in [0.29, 0.717) is 0 Å². The van der Waals surface area contributed by atoms with Gasteiger partial charge in [0.05, 0.1) is 0 Å². The summed E-state index contributed by atoms with van der Waals surface area (Å²) in [6.45, 7) is 0. The van der Waals surface area contributed by atoms with E-state index in [1.807, 2.05) is 36.4 Å². The Morgan fingerprint density at radius 2 is 1.17 bits per heavy atom. The Morgan fingerprint density at radius 1 is 0.778 bits per heavy atom. The smallest absolute Gasteiger partial charge is 0.226 e. The van der Waals surface area contributed by atoms with Gasteiger partial charge >= 0.3 is 0 Å². The normalized spacial score (nSPS) is 10.6. The van der Waals surface area contributed by atoms with Crippen LogP contribution in [0.3, 0.4) is 0 Å². The molecule has 0 N–H and O–H groups in total. The summed E-state index contributed by atoms with van der Waals surface area (Å²) in [5.41, 5.74) is 1.76. The quantitative estimate of drug-likeness (QED) is 0.804. The fraction of sp³-hybridized carbons (Fsp3) is 0.143. The van der Waals surface area contributed by atoms with Crippen LogP contribution in [0.5, 0.6) is 0 Å². The molecule has 0 aromatic heterocycles. The summed E-state index contributed by atoms with van der Waals surface area (Å²) in [5.74, 6) is 0. The Morgan fingerprint density at radius 3 is 1.50 bits per heavy atom. The monoisotopic (exact) mass is 280 g/mol. The van der Waals surface area contributed by atoms with Gasteiger partial charge < -0.3 is 0 Å². The predicted octanol–water partition coefficient (Wildman–Crippen LogP) is 3.46. The van der Waals surface area contributed by atoms with Crippen molar-refractivity contribution in [2.24, 2.45) is 0 Å². The Bertz CT molecular complexity index is 565. The van der Waals surface area contributed by atoms with E-state index in [0.717, 1.165) is 21.9 Å². The first-order chi connectivity index (χ1) is 8.54. The number of carbonyl (C=O) groups excluding carboxylic acids is 2. The average Bonchev–Trinajstić information content (AvgIpc) is 2.27. The summed E-state index contributed by atoms with van der Waals surface area (Å²) in [5, 5.41) is 1.27. The van der Waals surface area contributed by atoms with Crippen LogP contribution in [-0.2, 0) is 22.4 Å². The predicted molar refractivity (Wildman–Crippen MR) is 73.1 cm³/mol. The molecular weight excluding hydrogens is 271 g/mol. The Labute approximate surface area is 115 Å². The van der Waals surface area contributed by atoms with Crippen LogP contribution in [-0.4, -0.2) is 10.5 Å². The van der Waals surface area contributed by atoms with Gasteiger partial charge in [0.15, 0.2) is 0 Å². The van der Waals surface area contributed by atoms with E-state index in [-0.39, 0.29) is 23.3 Å². The van der Waals surface area contributed by atoms with Gasteiger partial charge in [0.2, 0.25) is 10.5 Å². The first-order valence-electron chi connectivity index (χ1n) is 5.43. The third-order valence-corrected chi connectivity index (χ3v) is 2.92. The van der Waals surface area contributed by atoms with E-state index in [4.69, 9.17) is 23.2 Å². The molecule has 2 aromatic carbocycles. The van der Waals surface area contributed by atoms with Gasteiger partial charge in [0.25, 0.3) is 0 Å². The van der Waals surface area contributed by atoms with Crippen molar-refractivity contribution in [2.75, 3.05) is 0 Å². The molecule has 0 aliphatic rings. The van der Waals surface area contributed by atoms with Crippen LogP contribution in [0, 0.1) is 0 Å². The number of hydrogen-bond acceptors (Lipinski definition) is 2. The third kappa shape index (κ3) is 3.31. The maximum atomic E-state index is 10.8. The maximum Gasteiger partial charge on any atom is 0.226 e. The van der Waals surface area contributed by atoms with Crippen LogP contribution >= 0.6 is 23.2 Å². The summed E-state index contributed by atoms with van der Waals surface area (Å²) in [4.78, 5) is 21.7. The van der Waals surface area contributed by atoms with E-state index < -0.39 is 0 Å². The lowest BCUT2D eigenvalue weighted by Crippen LogP contribution is -1.95. The molecule has 0 saturated carbocycles. The molecule has 2 aromatic rings. The van der Waals surface area contributed by atoms with Crippen molar-refractivity contribution in [2.45, 2.75) is 12.8 Å². The second-order valence-electron chi connectivity index (χ2n) is 4.08. The van der Waals surface area contributed by atoms with Crippen molar-refractivity contribution < 1.29 is 9.59 Å². The molecule has 0 fully saturated rings. The van der Waals surface area contributed by atoms with Gasteiger partial charge in [-0.05, 0) is 45.1 Å². The van der Waals surface area contributed by atoms with Gasteiger partial charge in [-0.1, -0.05) is 36.4 Å². The molecule has 0 amide bonds. The molecule has 92 valence electrons. The Balaban J connectivity index is 2.35. The van der Waals surface area contributed by atoms with Crippen molar-refractivity contribution in [1.29, 1.82) is 0 Å². The third-order valence-electron chi connectivity index (χ3n) is 2.66. The average molecular weight is 281 g/mol. The highest BCUT2D eigenvalue weighted by Gasteiger charge is 2.04. The van der Waals surface area contributed by atoms with Crippen molar-refractivity contribution in [3.8, 4) is 0 Å². The Kier molecular flexibility index (Phi) is 4.00. The largest absolute Gasteiger partial charge is 0.281 e. The van der Waals surface area contributed by atoms with Gasteiger partial charge in [-0.3, -0.25) is 9.59 Å². The molecule has 0 radical (unpaired) electrons. The SMILES string of the molecule is O=C(Cl)Cc1ccc2cc(CC(=O)Cl)ccc2c1. The van der Waals surface area contributed by atoms with Gasteiger partial charge in [0.1, 0.15) is 0 Å². The summed E-state index contributed by atoms with van der Waals surface area (Å²) < 4.78 is 0. The molecule has 2 nitrogen and oxygen atoms in total. The minimum absolute atomic E-state index is 0.222. The van der Waals surface area contributed by atoms with Crippen molar-refractivity contribution in [3.63, 3.8) is 0 Å². The zero-order chi connectivity index (χ0) is 13.1. The van der Waals surface area contributed by atoms with Gasteiger partial charge in [0, 0.05) is 12.8 Å². The molecule has 4 heteroatoms. The van der Waals surface area contributed by atoms with Crippen LogP contribution in [0.25, 0.3) is 10.8 Å². The van der Waals surface area contributed by atoms with E-state index in [2.05, 4.69) is 0 Å². The highest BCUT2D eigenvalue weighted by atomic mass is 35.5. The molecule has 18 heavy (non-hydrogen) atoms. The van der Waals surface area contributed by atoms with E-state index in [9.17, 15) is 9.59 Å². The highest BCUT2D eigenvalue weighted by Crippen LogP contribution is 2.19. The lowest BCUT2D eigenvalue weighted by molar-refractivity contribution is -0.111. The fourth-order valence-corrected chi connectivity index (χ4v) is 2.19. The molecule has 0 heterocycles. The molecule has 2 rings (SSSR count). The molecule has 0 bridgehead atoms. The molecule has 0 spiro atoms. The van der Waals surface area contributed by atoms with Crippen LogP contribution < -0.4 is 0 Å². The molecular formula is C14H10Cl2O2. The highest BCUT2D eigenvalue weighted by molar-refractivity contribution is 6.64. The van der Waals surface area contributed by atoms with Crippen molar-refractivity contribution in [3.05, 3.63) is 47.5 Å². The molecule has 0 atom stereocenters. The minimum Gasteiger partial charge on any atom is -0.281 e. The maximum absolute atomic E-state index is 10.8. The number of carbonyl (C=O) groups is 2. The summed E-state index contributed by atoms with van der Waals surface area (Å²) in [6, 6.07) is 11.4. The van der Waals surface area contributed by atoms with Gasteiger partial charge in [-0.2, -0.15) is 0 Å². The van der Waals surface area contributed by atoms with Crippen molar-refractivity contribution >= 4 is 44.5 Å². The summed E-state index contributed by atoms with van der Waals surface area (Å²) in [7, 11) is 0. The van der Waals surface area contributed by atoms with Crippen LogP contribution in [0.4, 0.5) is 0 Å². The van der Waals surface area contributed by atoms with Gasteiger partial charge in [-0.15, -0.1) is 0 Å². The number of hydrogen-bond donors (Lipinski definition) is 0. The number of fused-ring (bicyclic) bond motifs is 1. The van der Waals surface area contributed by atoms with Crippen LogP contribution in [0.2, 0.25) is 0 Å². The van der Waals surface area contributed by atoms with Crippen LogP contribution in [0.15, 0.2) is 36.4 Å². The first-order valence-corrected chi connectivity index (χ1v) is 6.18. The standard InChI is InChI=1S/C14H10Cl2O2/c15-13(17)7-9-1-3-11-6-10(8-14(16)18)2-4-12(11)5-9/h1-6H,7-8H2. The van der Waals surface area contributed by atoms with Crippen molar-refractivity contribution in [1.82, 2.24) is 0 Å². The Hall–Kier alpha value is -1.38. The lowest BCUT2D eigenvalue weighted by Gasteiger charge is -2.04. The molecule has 0 unspecified atom stereocenters. The zero-order valence-electron chi connectivity index (χ0n) is 9.45. The van der Waals surface area contributed by atoms with Gasteiger partial charge in [-0.25, -0.2) is 0 Å². The molecule has 0 saturated heterocycles. The fourth-order valence-electron chi connectivity index (χ4n) is 1.89. The topological polar surface area (TPSA) is 34.1 Å². The van der Waals surface area contributed by atoms with E-state index >= 15 is 0 Å². The second kappa shape index (κ2) is 5.51. The van der Waals surface area contributed by atoms with E-state index in [1.54, 1.807) is 0 Å².